The molecule has 0 amide bonds. The number of nitrogens with two attached hydrogens (primary N) is 1. The Morgan fingerprint density at radius 2 is 2.25 bits per heavy atom. The number of ether oxygens (including phenoxy) is 1. The number of nitriles is 1. The summed E-state index contributed by atoms with van der Waals surface area (Å²) in [6, 6.07) is 11.4. The van der Waals surface area contributed by atoms with E-state index in [1.165, 1.54) is 5.56 Å². The Morgan fingerprint density at radius 3 is 3.05 bits per heavy atom. The van der Waals surface area contributed by atoms with Gasteiger partial charge in [-0.15, -0.1) is 0 Å². The first-order valence-electron chi connectivity index (χ1n) is 6.39. The van der Waals surface area contributed by atoms with Gasteiger partial charge in [-0.25, -0.2) is 4.98 Å². The first kappa shape index (κ1) is 12.3. The predicted octanol–water partition coefficient (Wildman–Crippen LogP) is 1.95. The van der Waals surface area contributed by atoms with E-state index in [1.807, 2.05) is 24.3 Å². The van der Waals surface area contributed by atoms with E-state index < -0.39 is 0 Å². The van der Waals surface area contributed by atoms with E-state index in [0.29, 0.717) is 18.2 Å². The first-order chi connectivity index (χ1) is 9.78. The molecule has 0 radical (unpaired) electrons. The second-order valence-corrected chi connectivity index (χ2v) is 4.68. The van der Waals surface area contributed by atoms with E-state index in [4.69, 9.17) is 10.5 Å². The molecule has 3 rings (SSSR count). The molecule has 0 saturated carbocycles. The zero-order valence-corrected chi connectivity index (χ0v) is 10.9. The summed E-state index contributed by atoms with van der Waals surface area (Å²) < 4.78 is 5.72. The van der Waals surface area contributed by atoms with Crippen LogP contribution in [0.15, 0.2) is 42.6 Å². The molecular weight excluding hydrogens is 252 g/mol. The van der Waals surface area contributed by atoms with Crippen molar-refractivity contribution in [2.45, 2.75) is 12.5 Å². The molecule has 0 fully saturated rings. The van der Waals surface area contributed by atoms with E-state index >= 15 is 0 Å². The van der Waals surface area contributed by atoms with E-state index in [2.05, 4.69) is 11.2 Å². The summed E-state index contributed by atoms with van der Waals surface area (Å²) in [5.74, 6) is 1.10. The second-order valence-electron chi connectivity index (χ2n) is 4.68. The molecule has 1 aromatic carbocycles. The van der Waals surface area contributed by atoms with Gasteiger partial charge in [-0.1, -0.05) is 18.2 Å². The number of benzene rings is 1. The van der Waals surface area contributed by atoms with Crippen LogP contribution in [-0.4, -0.2) is 17.6 Å². The molecule has 0 spiro atoms. The zero-order chi connectivity index (χ0) is 13.9. The van der Waals surface area contributed by atoms with Crippen molar-refractivity contribution in [2.75, 3.05) is 17.2 Å². The Morgan fingerprint density at radius 1 is 1.40 bits per heavy atom. The van der Waals surface area contributed by atoms with Gasteiger partial charge in [-0.2, -0.15) is 5.26 Å². The van der Waals surface area contributed by atoms with Gasteiger partial charge in [0.1, 0.15) is 18.2 Å². The third-order valence-electron chi connectivity index (χ3n) is 3.37. The van der Waals surface area contributed by atoms with Gasteiger partial charge in [-0.05, 0) is 24.1 Å². The summed E-state index contributed by atoms with van der Waals surface area (Å²) in [5, 5.41) is 9.31. The molecule has 1 atom stereocenters. The van der Waals surface area contributed by atoms with Crippen LogP contribution >= 0.6 is 0 Å². The Labute approximate surface area is 117 Å². The molecule has 100 valence electrons. The summed E-state index contributed by atoms with van der Waals surface area (Å²) in [6.45, 7) is 0.436. The third kappa shape index (κ3) is 2.24. The van der Waals surface area contributed by atoms with Crippen LogP contribution in [0.3, 0.4) is 0 Å². The fraction of sp³-hybridized carbons (Fsp3) is 0.200. The number of pyridine rings is 1. The lowest BCUT2D eigenvalue weighted by Crippen LogP contribution is -2.33. The number of hydrogen-bond donors (Lipinski definition) is 1. The molecule has 0 bridgehead atoms. The summed E-state index contributed by atoms with van der Waals surface area (Å²) in [5.41, 5.74) is 7.76. The average molecular weight is 266 g/mol. The molecule has 1 unspecified atom stereocenters. The molecule has 20 heavy (non-hydrogen) atoms. The molecule has 1 aromatic heterocycles. The second kappa shape index (κ2) is 5.10. The van der Waals surface area contributed by atoms with Gasteiger partial charge in [0.15, 0.2) is 6.19 Å². The molecule has 0 aliphatic carbocycles. The summed E-state index contributed by atoms with van der Waals surface area (Å²) in [6.07, 6.45) is 4.65. The van der Waals surface area contributed by atoms with E-state index in [1.54, 1.807) is 23.2 Å². The van der Waals surface area contributed by atoms with Gasteiger partial charge in [0.2, 0.25) is 0 Å². The summed E-state index contributed by atoms with van der Waals surface area (Å²) in [4.78, 5) is 5.63. The Bertz CT molecular complexity index is 665. The van der Waals surface area contributed by atoms with Crippen LogP contribution in [0.5, 0.6) is 5.75 Å². The number of aromatic nitrogens is 1. The number of para-hydroxylation sites is 1. The van der Waals surface area contributed by atoms with Crippen molar-refractivity contribution >= 4 is 11.5 Å². The molecule has 5 heteroatoms. The standard InChI is InChI=1S/C15H14N4O/c16-10-19-12(7-11-3-1-2-4-14(11)19)9-20-13-5-6-18-15(17)8-13/h1-6,8,12H,7,9H2,(H2,17,18). The number of anilines is 2. The van der Waals surface area contributed by atoms with Gasteiger partial charge in [-0.3, -0.25) is 4.90 Å². The summed E-state index contributed by atoms with van der Waals surface area (Å²) >= 11 is 0. The van der Waals surface area contributed by atoms with Crippen LogP contribution in [0.1, 0.15) is 5.56 Å². The number of fused-ring (bicyclic) bond motifs is 1. The van der Waals surface area contributed by atoms with E-state index in [-0.39, 0.29) is 6.04 Å². The van der Waals surface area contributed by atoms with Crippen LogP contribution in [0.4, 0.5) is 11.5 Å². The highest BCUT2D eigenvalue weighted by atomic mass is 16.5. The molecule has 1 aliphatic rings. The third-order valence-corrected chi connectivity index (χ3v) is 3.37. The van der Waals surface area contributed by atoms with Gasteiger partial charge >= 0.3 is 0 Å². The smallest absolute Gasteiger partial charge is 0.184 e. The van der Waals surface area contributed by atoms with Crippen molar-refractivity contribution in [2.24, 2.45) is 0 Å². The lowest BCUT2D eigenvalue weighted by Gasteiger charge is -2.19. The monoisotopic (exact) mass is 266 g/mol. The van der Waals surface area contributed by atoms with Gasteiger partial charge in [0.05, 0.1) is 11.7 Å². The van der Waals surface area contributed by atoms with Crippen molar-refractivity contribution in [3.05, 3.63) is 48.2 Å². The highest BCUT2D eigenvalue weighted by Crippen LogP contribution is 2.31. The fourth-order valence-electron chi connectivity index (χ4n) is 2.44. The van der Waals surface area contributed by atoms with Crippen LogP contribution in [0.2, 0.25) is 0 Å². The molecule has 0 saturated heterocycles. The van der Waals surface area contributed by atoms with Crippen molar-refractivity contribution in [1.82, 2.24) is 4.98 Å². The molecule has 5 nitrogen and oxygen atoms in total. The highest BCUT2D eigenvalue weighted by molar-refractivity contribution is 5.62. The molecule has 2 N–H and O–H groups in total. The number of nitrogen functional groups attached to an aromatic ring is 1. The zero-order valence-electron chi connectivity index (χ0n) is 10.9. The maximum Gasteiger partial charge on any atom is 0.184 e. The lowest BCUT2D eigenvalue weighted by molar-refractivity contribution is 0.291. The molecule has 2 aromatic rings. The van der Waals surface area contributed by atoms with E-state index in [9.17, 15) is 5.26 Å². The minimum absolute atomic E-state index is 0.0202. The molecular formula is C15H14N4O. The maximum absolute atomic E-state index is 9.31. The van der Waals surface area contributed by atoms with Crippen molar-refractivity contribution in [3.63, 3.8) is 0 Å². The quantitative estimate of drug-likeness (QED) is 0.859. The Balaban J connectivity index is 1.72. The van der Waals surface area contributed by atoms with Crippen LogP contribution in [0, 0.1) is 11.5 Å². The average Bonchev–Trinajstić information content (AvgIpc) is 2.82. The minimum atomic E-state index is 0.0202. The highest BCUT2D eigenvalue weighted by Gasteiger charge is 2.29. The summed E-state index contributed by atoms with van der Waals surface area (Å²) in [7, 11) is 0. The van der Waals surface area contributed by atoms with E-state index in [0.717, 1.165) is 12.1 Å². The number of hydrogen-bond acceptors (Lipinski definition) is 5. The fourth-order valence-corrected chi connectivity index (χ4v) is 2.44. The van der Waals surface area contributed by atoms with Gasteiger partial charge in [0.25, 0.3) is 0 Å². The van der Waals surface area contributed by atoms with Crippen LogP contribution in [-0.2, 0) is 6.42 Å². The van der Waals surface area contributed by atoms with Crippen LogP contribution in [0.25, 0.3) is 0 Å². The Hall–Kier alpha value is -2.74. The maximum atomic E-state index is 9.31. The number of nitrogens with zero attached hydrogens (tertiary/aromatic N) is 3. The van der Waals surface area contributed by atoms with Gasteiger partial charge in [0, 0.05) is 12.3 Å². The normalized spacial score (nSPS) is 16.6. The first-order valence-corrected chi connectivity index (χ1v) is 6.39. The van der Waals surface area contributed by atoms with Crippen molar-refractivity contribution in [3.8, 4) is 11.9 Å². The van der Waals surface area contributed by atoms with Crippen molar-refractivity contribution in [1.29, 1.82) is 5.26 Å². The molecule has 2 heterocycles. The SMILES string of the molecule is N#CN1c2ccccc2CC1COc1ccnc(N)c1. The predicted molar refractivity (Wildman–Crippen MR) is 76.2 cm³/mol. The Kier molecular flexibility index (Phi) is 3.13. The van der Waals surface area contributed by atoms with Crippen LogP contribution < -0.4 is 15.4 Å². The number of rotatable bonds is 3. The minimum Gasteiger partial charge on any atom is -0.491 e. The lowest BCUT2D eigenvalue weighted by atomic mass is 10.1. The van der Waals surface area contributed by atoms with Gasteiger partial charge < -0.3 is 10.5 Å². The molecule has 1 aliphatic heterocycles. The topological polar surface area (TPSA) is 75.2 Å². The largest absolute Gasteiger partial charge is 0.491 e. The van der Waals surface area contributed by atoms with Crippen molar-refractivity contribution < 1.29 is 4.74 Å².